The summed E-state index contributed by atoms with van der Waals surface area (Å²) in [5, 5.41) is 0. The van der Waals surface area contributed by atoms with Gasteiger partial charge in [0.15, 0.2) is 0 Å². The zero-order valence-corrected chi connectivity index (χ0v) is 14.3. The van der Waals surface area contributed by atoms with Gasteiger partial charge < -0.3 is 9.47 Å². The number of allylic oxidation sites excluding steroid dienone is 3. The summed E-state index contributed by atoms with van der Waals surface area (Å²) in [5.74, 6) is 3.14. The van der Waals surface area contributed by atoms with Crippen molar-refractivity contribution in [1.82, 2.24) is 9.97 Å². The van der Waals surface area contributed by atoms with Crippen LogP contribution >= 0.6 is 0 Å². The van der Waals surface area contributed by atoms with E-state index < -0.39 is 0 Å². The fourth-order valence-corrected chi connectivity index (χ4v) is 2.73. The Morgan fingerprint density at radius 1 is 1.04 bits per heavy atom. The Balaban J connectivity index is 1.87. The van der Waals surface area contributed by atoms with E-state index in [1.165, 1.54) is 0 Å². The van der Waals surface area contributed by atoms with Gasteiger partial charge in [-0.3, -0.25) is 0 Å². The van der Waals surface area contributed by atoms with Crippen molar-refractivity contribution in [2.24, 2.45) is 11.8 Å². The number of nitrogens with zero attached hydrogens (tertiary/aromatic N) is 2. The summed E-state index contributed by atoms with van der Waals surface area (Å²) in [6, 6.07) is 7.68. The third-order valence-corrected chi connectivity index (χ3v) is 4.20. The van der Waals surface area contributed by atoms with Crippen molar-refractivity contribution in [1.29, 1.82) is 0 Å². The Morgan fingerprint density at radius 2 is 1.71 bits per heavy atom. The van der Waals surface area contributed by atoms with Gasteiger partial charge in [0, 0.05) is 23.5 Å². The van der Waals surface area contributed by atoms with Gasteiger partial charge in [0.05, 0.1) is 7.11 Å². The summed E-state index contributed by atoms with van der Waals surface area (Å²) in [7, 11) is 1.61. The smallest absolute Gasteiger partial charge is 0.227 e. The van der Waals surface area contributed by atoms with Gasteiger partial charge in [-0.05, 0) is 54.7 Å². The van der Waals surface area contributed by atoms with E-state index in [4.69, 9.17) is 9.47 Å². The largest absolute Gasteiger partial charge is 0.481 e. The van der Waals surface area contributed by atoms with Crippen LogP contribution < -0.4 is 9.47 Å². The molecule has 4 heteroatoms. The van der Waals surface area contributed by atoms with E-state index in [0.717, 1.165) is 23.3 Å². The summed E-state index contributed by atoms with van der Waals surface area (Å²) in [6.07, 6.45) is 10.8. The van der Waals surface area contributed by atoms with Crippen LogP contribution in [-0.2, 0) is 0 Å². The Bertz CT molecular complexity index is 766. The molecule has 1 atom stereocenters. The zero-order chi connectivity index (χ0) is 16.9. The van der Waals surface area contributed by atoms with Gasteiger partial charge in [-0.25, -0.2) is 9.97 Å². The lowest BCUT2D eigenvalue weighted by atomic mass is 9.89. The topological polar surface area (TPSA) is 44.2 Å². The van der Waals surface area contributed by atoms with Crippen molar-refractivity contribution < 1.29 is 9.47 Å². The standard InChI is InChI=1S/C20H22N2O2/c1-14(2)15-8-10-16(11-9-15)24-20-18(7-5-13-22-20)17-6-4-12-21-19(17)23-3/h4-8,10-15H,9H2,1-3H3. The summed E-state index contributed by atoms with van der Waals surface area (Å²) in [6.45, 7) is 4.47. The van der Waals surface area contributed by atoms with Gasteiger partial charge in [0.1, 0.15) is 5.76 Å². The number of hydrogen-bond acceptors (Lipinski definition) is 4. The van der Waals surface area contributed by atoms with Crippen LogP contribution in [0.1, 0.15) is 20.3 Å². The SMILES string of the molecule is COc1ncccc1-c1cccnc1OC1=CCC(C(C)C)C=C1. The van der Waals surface area contributed by atoms with E-state index in [0.29, 0.717) is 23.6 Å². The van der Waals surface area contributed by atoms with Crippen LogP contribution in [0.25, 0.3) is 11.1 Å². The number of methoxy groups -OCH3 is 1. The molecule has 0 saturated carbocycles. The minimum atomic E-state index is 0.558. The maximum Gasteiger partial charge on any atom is 0.227 e. The average Bonchev–Trinajstić information content (AvgIpc) is 2.62. The fraction of sp³-hybridized carbons (Fsp3) is 0.300. The Kier molecular flexibility index (Phi) is 4.94. The monoisotopic (exact) mass is 322 g/mol. The molecular formula is C20H22N2O2. The van der Waals surface area contributed by atoms with Crippen LogP contribution in [0, 0.1) is 11.8 Å². The third kappa shape index (κ3) is 3.48. The van der Waals surface area contributed by atoms with Crippen LogP contribution in [0.2, 0.25) is 0 Å². The molecule has 1 unspecified atom stereocenters. The second kappa shape index (κ2) is 7.30. The predicted molar refractivity (Wildman–Crippen MR) is 94.8 cm³/mol. The maximum absolute atomic E-state index is 6.05. The van der Waals surface area contributed by atoms with Crippen molar-refractivity contribution in [3.63, 3.8) is 0 Å². The van der Waals surface area contributed by atoms with Crippen LogP contribution in [-0.4, -0.2) is 17.1 Å². The lowest BCUT2D eigenvalue weighted by molar-refractivity contribution is 0.395. The van der Waals surface area contributed by atoms with Crippen LogP contribution in [0.4, 0.5) is 0 Å². The van der Waals surface area contributed by atoms with E-state index in [1.807, 2.05) is 30.3 Å². The molecule has 0 radical (unpaired) electrons. The molecule has 0 N–H and O–H groups in total. The van der Waals surface area contributed by atoms with E-state index >= 15 is 0 Å². The lowest BCUT2D eigenvalue weighted by Crippen LogP contribution is -2.09. The third-order valence-electron chi connectivity index (χ3n) is 4.20. The highest BCUT2D eigenvalue weighted by Crippen LogP contribution is 2.35. The Morgan fingerprint density at radius 3 is 2.29 bits per heavy atom. The normalized spacial score (nSPS) is 16.8. The highest BCUT2D eigenvalue weighted by Gasteiger charge is 2.16. The fourth-order valence-electron chi connectivity index (χ4n) is 2.73. The summed E-state index contributed by atoms with van der Waals surface area (Å²) < 4.78 is 11.4. The van der Waals surface area contributed by atoms with Crippen molar-refractivity contribution in [2.45, 2.75) is 20.3 Å². The molecule has 2 aromatic heterocycles. The molecule has 0 bridgehead atoms. The van der Waals surface area contributed by atoms with Crippen LogP contribution in [0.3, 0.4) is 0 Å². The number of pyridine rings is 2. The van der Waals surface area contributed by atoms with Gasteiger partial charge in [-0.1, -0.05) is 19.9 Å². The molecule has 0 amide bonds. The summed E-state index contributed by atoms with van der Waals surface area (Å²) in [5.41, 5.74) is 1.73. The van der Waals surface area contributed by atoms with E-state index in [2.05, 4.69) is 36.0 Å². The first-order valence-corrected chi connectivity index (χ1v) is 8.19. The molecule has 124 valence electrons. The van der Waals surface area contributed by atoms with Crippen molar-refractivity contribution in [3.8, 4) is 22.9 Å². The van der Waals surface area contributed by atoms with Gasteiger partial charge in [0.25, 0.3) is 0 Å². The number of ether oxygens (including phenoxy) is 2. The molecule has 0 aromatic carbocycles. The lowest BCUT2D eigenvalue weighted by Gasteiger charge is -2.20. The first kappa shape index (κ1) is 16.2. The summed E-state index contributed by atoms with van der Waals surface area (Å²) in [4.78, 5) is 8.66. The second-order valence-corrected chi connectivity index (χ2v) is 6.13. The highest BCUT2D eigenvalue weighted by atomic mass is 16.5. The summed E-state index contributed by atoms with van der Waals surface area (Å²) >= 11 is 0. The minimum Gasteiger partial charge on any atom is -0.481 e. The molecule has 4 nitrogen and oxygen atoms in total. The molecule has 2 aromatic rings. The van der Waals surface area contributed by atoms with E-state index in [-0.39, 0.29) is 0 Å². The molecule has 0 fully saturated rings. The molecule has 1 aliphatic rings. The van der Waals surface area contributed by atoms with E-state index in [9.17, 15) is 0 Å². The Hall–Kier alpha value is -2.62. The quantitative estimate of drug-likeness (QED) is 0.804. The van der Waals surface area contributed by atoms with Crippen molar-refractivity contribution >= 4 is 0 Å². The van der Waals surface area contributed by atoms with Gasteiger partial charge in [0.2, 0.25) is 11.8 Å². The number of rotatable bonds is 5. The second-order valence-electron chi connectivity index (χ2n) is 6.13. The molecule has 2 heterocycles. The van der Waals surface area contributed by atoms with E-state index in [1.54, 1.807) is 19.5 Å². The number of aromatic nitrogens is 2. The molecule has 24 heavy (non-hydrogen) atoms. The van der Waals surface area contributed by atoms with Crippen molar-refractivity contribution in [3.05, 3.63) is 60.6 Å². The van der Waals surface area contributed by atoms with Crippen molar-refractivity contribution in [2.75, 3.05) is 7.11 Å². The zero-order valence-electron chi connectivity index (χ0n) is 14.3. The maximum atomic E-state index is 6.05. The van der Waals surface area contributed by atoms with Crippen LogP contribution in [0.15, 0.2) is 60.6 Å². The first-order chi connectivity index (χ1) is 11.7. The molecule has 1 aliphatic carbocycles. The molecule has 0 aliphatic heterocycles. The Labute approximate surface area is 142 Å². The minimum absolute atomic E-state index is 0.558. The predicted octanol–water partition coefficient (Wildman–Crippen LogP) is 4.65. The molecule has 3 rings (SSSR count). The molecule has 0 saturated heterocycles. The first-order valence-electron chi connectivity index (χ1n) is 8.19. The van der Waals surface area contributed by atoms with Crippen LogP contribution in [0.5, 0.6) is 11.8 Å². The number of hydrogen-bond donors (Lipinski definition) is 0. The van der Waals surface area contributed by atoms with Gasteiger partial charge >= 0.3 is 0 Å². The van der Waals surface area contributed by atoms with Gasteiger partial charge in [-0.15, -0.1) is 0 Å². The highest BCUT2D eigenvalue weighted by molar-refractivity contribution is 5.72. The molecular weight excluding hydrogens is 300 g/mol. The average molecular weight is 322 g/mol. The molecule has 0 spiro atoms. The van der Waals surface area contributed by atoms with Gasteiger partial charge in [-0.2, -0.15) is 0 Å².